The Kier molecular flexibility index (Phi) is 6.34. The van der Waals surface area contributed by atoms with E-state index >= 15 is 0 Å². The predicted molar refractivity (Wildman–Crippen MR) is 114 cm³/mol. The van der Waals surface area contributed by atoms with Gasteiger partial charge in [0.25, 0.3) is 0 Å². The van der Waals surface area contributed by atoms with Crippen LogP contribution in [0, 0.1) is 11.7 Å². The highest BCUT2D eigenvalue weighted by atomic mass is 32.2. The molecule has 1 aliphatic heterocycles. The van der Waals surface area contributed by atoms with Crippen molar-refractivity contribution in [3.63, 3.8) is 0 Å². The van der Waals surface area contributed by atoms with Gasteiger partial charge < -0.3 is 10.6 Å². The van der Waals surface area contributed by atoms with Crippen molar-refractivity contribution in [1.82, 2.24) is 9.88 Å². The van der Waals surface area contributed by atoms with Crippen LogP contribution in [0.15, 0.2) is 63.7 Å². The summed E-state index contributed by atoms with van der Waals surface area (Å²) < 4.78 is 13.8. The monoisotopic (exact) mass is 399 g/mol. The average molecular weight is 400 g/mol. The third kappa shape index (κ3) is 4.52. The van der Waals surface area contributed by atoms with Gasteiger partial charge in [0.1, 0.15) is 16.7 Å². The van der Waals surface area contributed by atoms with Crippen molar-refractivity contribution >= 4 is 23.9 Å². The Labute approximate surface area is 170 Å². The first-order valence-electron chi connectivity index (χ1n) is 9.29. The van der Waals surface area contributed by atoms with Crippen LogP contribution in [0.4, 0.5) is 4.39 Å². The first-order chi connectivity index (χ1) is 13.4. The van der Waals surface area contributed by atoms with Crippen LogP contribution < -0.4 is 5.73 Å². The normalized spacial score (nSPS) is 22.2. The Bertz CT molecular complexity index is 851. The van der Waals surface area contributed by atoms with Crippen LogP contribution in [0.5, 0.6) is 0 Å². The molecular weight excluding hydrogens is 373 g/mol. The molecule has 2 heterocycles. The minimum Gasteiger partial charge on any atom is -0.388 e. The van der Waals surface area contributed by atoms with Gasteiger partial charge in [-0.3, -0.25) is 15.0 Å². The van der Waals surface area contributed by atoms with E-state index in [1.165, 1.54) is 6.07 Å². The number of benzene rings is 1. The molecule has 1 aromatic heterocycles. The summed E-state index contributed by atoms with van der Waals surface area (Å²) in [7, 11) is 0. The van der Waals surface area contributed by atoms with Gasteiger partial charge in [-0.15, -0.1) is 0 Å². The predicted octanol–water partition coefficient (Wildman–Crippen LogP) is 3.95. The summed E-state index contributed by atoms with van der Waals surface area (Å²) in [6.07, 6.45) is 5.48. The minimum absolute atomic E-state index is 0.0365. The molecule has 7 heteroatoms. The number of aliphatic imine (C=N–C) groups is 2. The molecule has 28 heavy (non-hydrogen) atoms. The molecule has 0 amide bonds. The lowest BCUT2D eigenvalue weighted by molar-refractivity contribution is 0.249. The Morgan fingerprint density at radius 2 is 2.07 bits per heavy atom. The number of hydrogen-bond donors (Lipinski definition) is 1. The molecule has 2 unspecified atom stereocenters. The van der Waals surface area contributed by atoms with Gasteiger partial charge in [0.2, 0.25) is 0 Å². The number of pyridine rings is 1. The summed E-state index contributed by atoms with van der Waals surface area (Å²) in [6, 6.07) is 10.7. The lowest BCUT2D eigenvalue weighted by Crippen LogP contribution is -2.49. The maximum atomic E-state index is 13.8. The van der Waals surface area contributed by atoms with Crippen molar-refractivity contribution < 1.29 is 4.39 Å². The molecule has 0 saturated heterocycles. The fourth-order valence-electron chi connectivity index (χ4n) is 3.24. The number of amidine groups is 1. The lowest BCUT2D eigenvalue weighted by Gasteiger charge is -2.39. The number of hydrogen-bond acceptors (Lipinski definition) is 5. The smallest absolute Gasteiger partial charge is 0.124 e. The maximum absolute atomic E-state index is 13.8. The molecule has 148 valence electrons. The molecular formula is C21H26FN5S. The molecule has 2 N–H and O–H groups in total. The van der Waals surface area contributed by atoms with Gasteiger partial charge in [0.15, 0.2) is 0 Å². The molecule has 0 aliphatic carbocycles. The number of aromatic nitrogens is 1. The molecule has 0 fully saturated rings. The van der Waals surface area contributed by atoms with Crippen molar-refractivity contribution in [3.8, 4) is 0 Å². The Morgan fingerprint density at radius 1 is 1.32 bits per heavy atom. The zero-order chi connectivity index (χ0) is 20.1. The van der Waals surface area contributed by atoms with E-state index < -0.39 is 5.54 Å². The van der Waals surface area contributed by atoms with Gasteiger partial charge in [-0.2, -0.15) is 0 Å². The second-order valence-corrected chi connectivity index (χ2v) is 8.46. The van der Waals surface area contributed by atoms with Crippen molar-refractivity contribution in [2.45, 2.75) is 43.1 Å². The molecule has 0 spiro atoms. The van der Waals surface area contributed by atoms with Gasteiger partial charge in [-0.05, 0) is 48.7 Å². The standard InChI is InChI=1S/C21H26FN5S/c1-15(2)21(13-25-16(3)23)20(28-19-6-4-5-18(22)11-19)27(14-26-21)12-17-7-9-24-10-8-17/h4-11,14-15,20H,12-13H2,1-3H3,(H2,23,25). The van der Waals surface area contributed by atoms with Gasteiger partial charge in [-0.25, -0.2) is 4.39 Å². The highest BCUT2D eigenvalue weighted by Gasteiger charge is 2.48. The van der Waals surface area contributed by atoms with E-state index in [-0.39, 0.29) is 17.1 Å². The van der Waals surface area contributed by atoms with Gasteiger partial charge in [0.05, 0.1) is 18.7 Å². The third-order valence-corrected chi connectivity index (χ3v) is 6.34. The molecule has 0 bridgehead atoms. The second kappa shape index (κ2) is 8.73. The highest BCUT2D eigenvalue weighted by Crippen LogP contribution is 2.43. The van der Waals surface area contributed by atoms with Crippen LogP contribution in [0.3, 0.4) is 0 Å². The van der Waals surface area contributed by atoms with E-state index in [9.17, 15) is 4.39 Å². The number of rotatable bonds is 7. The quantitative estimate of drug-likeness (QED) is 0.565. The van der Waals surface area contributed by atoms with E-state index in [0.29, 0.717) is 18.9 Å². The van der Waals surface area contributed by atoms with E-state index in [4.69, 9.17) is 10.7 Å². The van der Waals surface area contributed by atoms with Gasteiger partial charge in [-0.1, -0.05) is 31.7 Å². The molecule has 0 radical (unpaired) electrons. The Morgan fingerprint density at radius 3 is 2.71 bits per heavy atom. The average Bonchev–Trinajstić information content (AvgIpc) is 2.99. The third-order valence-electron chi connectivity index (χ3n) is 4.92. The van der Waals surface area contributed by atoms with E-state index in [0.717, 1.165) is 10.5 Å². The zero-order valence-electron chi connectivity index (χ0n) is 16.4. The van der Waals surface area contributed by atoms with Crippen molar-refractivity contribution in [3.05, 3.63) is 60.2 Å². The Balaban J connectivity index is 1.95. The van der Waals surface area contributed by atoms with E-state index in [2.05, 4.69) is 28.7 Å². The second-order valence-electron chi connectivity index (χ2n) is 7.30. The van der Waals surface area contributed by atoms with Crippen LogP contribution in [-0.2, 0) is 6.54 Å². The van der Waals surface area contributed by atoms with Crippen molar-refractivity contribution in [1.29, 1.82) is 0 Å². The van der Waals surface area contributed by atoms with E-state index in [1.807, 2.05) is 24.5 Å². The fourth-order valence-corrected chi connectivity index (χ4v) is 4.71. The molecule has 0 saturated carbocycles. The van der Waals surface area contributed by atoms with Crippen molar-refractivity contribution in [2.75, 3.05) is 6.54 Å². The fraction of sp³-hybridized carbons (Fsp3) is 0.381. The largest absolute Gasteiger partial charge is 0.388 e. The molecule has 2 aromatic rings. The number of nitrogens with zero attached hydrogens (tertiary/aromatic N) is 4. The van der Waals surface area contributed by atoms with Gasteiger partial charge >= 0.3 is 0 Å². The number of thioether (sulfide) groups is 1. The summed E-state index contributed by atoms with van der Waals surface area (Å²) in [6.45, 7) is 7.26. The van der Waals surface area contributed by atoms with Crippen LogP contribution in [0.25, 0.3) is 0 Å². The van der Waals surface area contributed by atoms with E-state index in [1.54, 1.807) is 43.2 Å². The molecule has 1 aromatic carbocycles. The Hall–Kier alpha value is -2.41. The van der Waals surface area contributed by atoms with Crippen LogP contribution in [0.1, 0.15) is 26.3 Å². The summed E-state index contributed by atoms with van der Waals surface area (Å²) in [5.41, 5.74) is 6.52. The van der Waals surface area contributed by atoms with Crippen LogP contribution in [-0.4, -0.2) is 39.5 Å². The first-order valence-corrected chi connectivity index (χ1v) is 10.2. The SMILES string of the molecule is CC(N)=NCC1(C(C)C)N=CN(Cc2ccncc2)C1Sc1cccc(F)c1. The summed E-state index contributed by atoms with van der Waals surface area (Å²) in [5, 5.41) is -0.0365. The van der Waals surface area contributed by atoms with Gasteiger partial charge in [0, 0.05) is 23.8 Å². The minimum atomic E-state index is -0.454. The maximum Gasteiger partial charge on any atom is 0.124 e. The molecule has 1 aliphatic rings. The molecule has 2 atom stereocenters. The zero-order valence-corrected chi connectivity index (χ0v) is 17.2. The topological polar surface area (TPSA) is 66.9 Å². The number of nitrogens with two attached hydrogens (primary N) is 1. The molecule has 5 nitrogen and oxygen atoms in total. The van der Waals surface area contributed by atoms with Crippen LogP contribution >= 0.6 is 11.8 Å². The highest BCUT2D eigenvalue weighted by molar-refractivity contribution is 8.00. The molecule has 3 rings (SSSR count). The van der Waals surface area contributed by atoms with Crippen molar-refractivity contribution in [2.24, 2.45) is 21.6 Å². The summed E-state index contributed by atoms with van der Waals surface area (Å²) >= 11 is 1.61. The lowest BCUT2D eigenvalue weighted by atomic mass is 9.87. The summed E-state index contributed by atoms with van der Waals surface area (Å²) in [4.78, 5) is 16.6. The summed E-state index contributed by atoms with van der Waals surface area (Å²) in [5.74, 6) is 0.522. The first kappa shape index (κ1) is 20.3. The van der Waals surface area contributed by atoms with Crippen LogP contribution in [0.2, 0.25) is 0 Å². The number of halogens is 1.